The fourth-order valence-corrected chi connectivity index (χ4v) is 1.59. The van der Waals surface area contributed by atoms with Crippen LogP contribution < -0.4 is 4.90 Å². The van der Waals surface area contributed by atoms with Gasteiger partial charge in [0.1, 0.15) is 12.1 Å². The summed E-state index contributed by atoms with van der Waals surface area (Å²) in [5.41, 5.74) is 0.932. The van der Waals surface area contributed by atoms with Crippen LogP contribution in [0.5, 0.6) is 0 Å². The zero-order valence-corrected chi connectivity index (χ0v) is 7.69. The average molecular weight is 193 g/mol. The molecule has 1 aliphatic heterocycles. The number of anilines is 1. The SMILES string of the molecule is C.CC(C)N1C(=O)Cc2cncnc21. The Morgan fingerprint density at radius 1 is 1.50 bits per heavy atom. The van der Waals surface area contributed by atoms with Gasteiger partial charge in [-0.3, -0.25) is 9.69 Å². The highest BCUT2D eigenvalue weighted by molar-refractivity contribution is 6.00. The summed E-state index contributed by atoms with van der Waals surface area (Å²) in [5.74, 6) is 0.889. The largest absolute Gasteiger partial charge is 0.294 e. The van der Waals surface area contributed by atoms with E-state index < -0.39 is 0 Å². The summed E-state index contributed by atoms with van der Waals surface area (Å²) in [7, 11) is 0. The highest BCUT2D eigenvalue weighted by Crippen LogP contribution is 2.26. The molecule has 0 aliphatic carbocycles. The van der Waals surface area contributed by atoms with Crippen LogP contribution in [0.15, 0.2) is 12.5 Å². The van der Waals surface area contributed by atoms with Gasteiger partial charge in [-0.05, 0) is 13.8 Å². The minimum absolute atomic E-state index is 0. The Morgan fingerprint density at radius 2 is 2.21 bits per heavy atom. The minimum atomic E-state index is 0. The van der Waals surface area contributed by atoms with E-state index in [9.17, 15) is 4.79 Å². The molecule has 14 heavy (non-hydrogen) atoms. The van der Waals surface area contributed by atoms with Crippen LogP contribution >= 0.6 is 0 Å². The molecule has 76 valence electrons. The molecule has 0 aromatic carbocycles. The predicted octanol–water partition coefficient (Wildman–Crippen LogP) is 1.41. The van der Waals surface area contributed by atoms with Crippen molar-refractivity contribution < 1.29 is 4.79 Å². The fourth-order valence-electron chi connectivity index (χ4n) is 1.59. The van der Waals surface area contributed by atoms with Crippen molar-refractivity contribution >= 4 is 11.7 Å². The maximum absolute atomic E-state index is 11.5. The van der Waals surface area contributed by atoms with Crippen LogP contribution in [0.4, 0.5) is 5.82 Å². The highest BCUT2D eigenvalue weighted by atomic mass is 16.2. The van der Waals surface area contributed by atoms with Gasteiger partial charge in [-0.25, -0.2) is 9.97 Å². The summed E-state index contributed by atoms with van der Waals surface area (Å²) >= 11 is 0. The number of amides is 1. The molecule has 2 heterocycles. The lowest BCUT2D eigenvalue weighted by atomic mass is 10.3. The first-order chi connectivity index (χ1) is 6.20. The first kappa shape index (κ1) is 10.6. The van der Waals surface area contributed by atoms with Gasteiger partial charge in [0, 0.05) is 17.8 Å². The van der Waals surface area contributed by atoms with E-state index in [1.54, 1.807) is 11.1 Å². The Kier molecular flexibility index (Phi) is 2.84. The van der Waals surface area contributed by atoms with E-state index in [-0.39, 0.29) is 19.4 Å². The van der Waals surface area contributed by atoms with Crippen LogP contribution in [0.2, 0.25) is 0 Å². The third-order valence-electron chi connectivity index (χ3n) is 2.12. The number of carbonyl (C=O) groups is 1. The van der Waals surface area contributed by atoms with Crippen LogP contribution in [-0.2, 0) is 11.2 Å². The zero-order valence-electron chi connectivity index (χ0n) is 7.69. The van der Waals surface area contributed by atoms with Crippen LogP contribution in [0.1, 0.15) is 26.8 Å². The molecule has 4 nitrogen and oxygen atoms in total. The molecule has 0 radical (unpaired) electrons. The van der Waals surface area contributed by atoms with E-state index in [1.807, 2.05) is 13.8 Å². The number of hydrogen-bond acceptors (Lipinski definition) is 3. The first-order valence-electron chi connectivity index (χ1n) is 4.31. The monoisotopic (exact) mass is 193 g/mol. The van der Waals surface area contributed by atoms with Gasteiger partial charge >= 0.3 is 0 Å². The number of aromatic nitrogens is 2. The van der Waals surface area contributed by atoms with E-state index in [1.165, 1.54) is 6.33 Å². The lowest BCUT2D eigenvalue weighted by Crippen LogP contribution is -2.33. The van der Waals surface area contributed by atoms with Gasteiger partial charge in [0.25, 0.3) is 0 Å². The zero-order chi connectivity index (χ0) is 9.42. The molecule has 0 unspecified atom stereocenters. The summed E-state index contributed by atoms with van der Waals surface area (Å²) < 4.78 is 0. The molecule has 4 heteroatoms. The van der Waals surface area contributed by atoms with Crippen molar-refractivity contribution in [1.29, 1.82) is 0 Å². The van der Waals surface area contributed by atoms with Crippen LogP contribution in [-0.4, -0.2) is 21.9 Å². The van der Waals surface area contributed by atoms with E-state index in [4.69, 9.17) is 0 Å². The highest BCUT2D eigenvalue weighted by Gasteiger charge is 2.30. The van der Waals surface area contributed by atoms with E-state index in [2.05, 4.69) is 9.97 Å². The summed E-state index contributed by atoms with van der Waals surface area (Å²) in [6.07, 6.45) is 3.63. The predicted molar refractivity (Wildman–Crippen MR) is 55.1 cm³/mol. The Bertz CT molecular complexity index is 349. The van der Waals surface area contributed by atoms with Crippen LogP contribution in [0.25, 0.3) is 0 Å². The molecule has 0 saturated carbocycles. The van der Waals surface area contributed by atoms with Crippen molar-refractivity contribution in [3.05, 3.63) is 18.1 Å². The molecule has 1 aromatic rings. The van der Waals surface area contributed by atoms with E-state index >= 15 is 0 Å². The molecule has 0 N–H and O–H groups in total. The van der Waals surface area contributed by atoms with Gasteiger partial charge in [0.15, 0.2) is 0 Å². The van der Waals surface area contributed by atoms with Crippen molar-refractivity contribution in [2.24, 2.45) is 0 Å². The van der Waals surface area contributed by atoms with E-state index in [0.29, 0.717) is 6.42 Å². The molecule has 0 fully saturated rings. The van der Waals surface area contributed by atoms with Crippen LogP contribution in [0, 0.1) is 0 Å². The van der Waals surface area contributed by atoms with Gasteiger partial charge in [0.05, 0.1) is 6.42 Å². The topological polar surface area (TPSA) is 46.1 Å². The van der Waals surface area contributed by atoms with Gasteiger partial charge in [-0.15, -0.1) is 0 Å². The van der Waals surface area contributed by atoms with Crippen LogP contribution in [0.3, 0.4) is 0 Å². The second-order valence-corrected chi connectivity index (χ2v) is 3.41. The van der Waals surface area contributed by atoms with Gasteiger partial charge in [-0.2, -0.15) is 0 Å². The Hall–Kier alpha value is -1.45. The number of fused-ring (bicyclic) bond motifs is 1. The maximum Gasteiger partial charge on any atom is 0.233 e. The Labute approximate surface area is 84.0 Å². The second kappa shape index (κ2) is 3.74. The van der Waals surface area contributed by atoms with Crippen molar-refractivity contribution in [2.75, 3.05) is 4.90 Å². The summed E-state index contributed by atoms with van der Waals surface area (Å²) in [6, 6.07) is 0.170. The molecule has 0 bridgehead atoms. The van der Waals surface area contributed by atoms with Gasteiger partial charge in [0.2, 0.25) is 5.91 Å². The van der Waals surface area contributed by atoms with E-state index in [0.717, 1.165) is 11.4 Å². The van der Waals surface area contributed by atoms with Crippen molar-refractivity contribution in [1.82, 2.24) is 9.97 Å². The van der Waals surface area contributed by atoms with Gasteiger partial charge in [-0.1, -0.05) is 7.43 Å². The Balaban J connectivity index is 0.000000980. The van der Waals surface area contributed by atoms with Crippen molar-refractivity contribution in [3.8, 4) is 0 Å². The first-order valence-corrected chi connectivity index (χ1v) is 4.31. The quantitative estimate of drug-likeness (QED) is 0.677. The second-order valence-electron chi connectivity index (χ2n) is 3.41. The maximum atomic E-state index is 11.5. The number of rotatable bonds is 1. The lowest BCUT2D eigenvalue weighted by molar-refractivity contribution is -0.117. The number of nitrogens with zero attached hydrogens (tertiary/aromatic N) is 3. The molecule has 1 aliphatic rings. The molecule has 0 atom stereocenters. The summed E-state index contributed by atoms with van der Waals surface area (Å²) in [4.78, 5) is 21.3. The van der Waals surface area contributed by atoms with Crippen molar-refractivity contribution in [3.63, 3.8) is 0 Å². The molecule has 1 aromatic heterocycles. The number of carbonyl (C=O) groups excluding carboxylic acids is 1. The average Bonchev–Trinajstić information content (AvgIpc) is 2.39. The molecule has 0 saturated heterocycles. The normalized spacial score (nSPS) is 14.2. The molecule has 1 amide bonds. The molecule has 2 rings (SSSR count). The summed E-state index contributed by atoms with van der Waals surface area (Å²) in [5, 5.41) is 0. The summed E-state index contributed by atoms with van der Waals surface area (Å²) in [6.45, 7) is 3.96. The standard InChI is InChI=1S/C9H11N3O.CH4/c1-6(2)12-8(13)3-7-4-10-5-11-9(7)12;/h4-6H,3H2,1-2H3;1H4. The lowest BCUT2D eigenvalue weighted by Gasteiger charge is -2.20. The molecular weight excluding hydrogens is 178 g/mol. The number of hydrogen-bond donors (Lipinski definition) is 0. The smallest absolute Gasteiger partial charge is 0.233 e. The Morgan fingerprint density at radius 3 is 2.86 bits per heavy atom. The third-order valence-corrected chi connectivity index (χ3v) is 2.12. The molecular formula is C10H15N3O. The van der Waals surface area contributed by atoms with Gasteiger partial charge < -0.3 is 0 Å². The minimum Gasteiger partial charge on any atom is -0.294 e. The fraction of sp³-hybridized carbons (Fsp3) is 0.500. The van der Waals surface area contributed by atoms with Crippen molar-refractivity contribution in [2.45, 2.75) is 33.7 Å². The molecule has 0 spiro atoms. The third kappa shape index (κ3) is 1.47.